The van der Waals surface area contributed by atoms with Crippen LogP contribution in [0.5, 0.6) is 0 Å². The molecule has 0 spiro atoms. The predicted molar refractivity (Wildman–Crippen MR) is 154 cm³/mol. The second-order valence-electron chi connectivity index (χ2n) is 11.6. The minimum Gasteiger partial charge on any atom is -0.444 e. The van der Waals surface area contributed by atoms with Gasteiger partial charge < -0.3 is 19.1 Å². The summed E-state index contributed by atoms with van der Waals surface area (Å²) in [4.78, 5) is 34.6. The molecule has 1 aliphatic heterocycles. The van der Waals surface area contributed by atoms with Crippen molar-refractivity contribution >= 4 is 55.4 Å². The zero-order valence-electron chi connectivity index (χ0n) is 22.4. The monoisotopic (exact) mass is 579 g/mol. The molecule has 0 N–H and O–H groups in total. The van der Waals surface area contributed by atoms with E-state index in [4.69, 9.17) is 4.74 Å². The second kappa shape index (κ2) is 9.29. The maximum Gasteiger partial charge on any atom is 0.410 e. The molecule has 3 heterocycles. The lowest BCUT2D eigenvalue weighted by molar-refractivity contribution is 0.0219. The fourth-order valence-corrected chi connectivity index (χ4v) is 6.68. The Balaban J connectivity index is 1.45. The van der Waals surface area contributed by atoms with Crippen molar-refractivity contribution in [3.05, 3.63) is 51.2 Å². The van der Waals surface area contributed by atoms with Gasteiger partial charge in [-0.05, 0) is 86.8 Å². The Bertz CT molecular complexity index is 1610. The van der Waals surface area contributed by atoms with E-state index in [2.05, 4.69) is 59.9 Å². The predicted octanol–water partition coefficient (Wildman–Crippen LogP) is 6.13. The summed E-state index contributed by atoms with van der Waals surface area (Å²) in [7, 11) is 0. The number of carbonyl (C=O) groups excluding carboxylic acids is 1. The van der Waals surface area contributed by atoms with Gasteiger partial charge in [-0.2, -0.15) is 4.98 Å². The van der Waals surface area contributed by atoms with Crippen molar-refractivity contribution in [1.82, 2.24) is 18.9 Å². The topological polar surface area (TPSA) is 72.1 Å². The number of nitrogens with zero attached hydrogens (tertiary/aromatic N) is 5. The Morgan fingerprint density at radius 1 is 1.05 bits per heavy atom. The van der Waals surface area contributed by atoms with Crippen LogP contribution < -0.4 is 10.5 Å². The molecule has 6 rings (SSSR count). The summed E-state index contributed by atoms with van der Waals surface area (Å²) < 4.78 is 10.8. The molecule has 1 amide bonds. The van der Waals surface area contributed by atoms with Crippen LogP contribution in [0.4, 0.5) is 10.5 Å². The van der Waals surface area contributed by atoms with Crippen LogP contribution in [0.15, 0.2) is 45.7 Å². The number of ether oxygens (including phenoxy) is 1. The zero-order chi connectivity index (χ0) is 26.8. The largest absolute Gasteiger partial charge is 0.444 e. The summed E-state index contributed by atoms with van der Waals surface area (Å²) in [6.45, 7) is 9.78. The van der Waals surface area contributed by atoms with Crippen molar-refractivity contribution in [2.75, 3.05) is 24.5 Å². The number of hydrogen-bond donors (Lipinski definition) is 0. The number of amides is 1. The molecule has 1 atom stereocenters. The Morgan fingerprint density at radius 3 is 2.53 bits per heavy atom. The summed E-state index contributed by atoms with van der Waals surface area (Å²) in [5.41, 5.74) is 3.40. The van der Waals surface area contributed by atoms with Gasteiger partial charge >= 0.3 is 6.09 Å². The quantitative estimate of drug-likeness (QED) is 0.286. The first-order valence-electron chi connectivity index (χ1n) is 13.5. The Morgan fingerprint density at radius 2 is 1.82 bits per heavy atom. The van der Waals surface area contributed by atoms with E-state index in [1.807, 2.05) is 39.0 Å². The Hall–Kier alpha value is -3.07. The van der Waals surface area contributed by atoms with E-state index in [0.717, 1.165) is 46.1 Å². The molecular weight excluding hydrogens is 546 g/mol. The van der Waals surface area contributed by atoms with Gasteiger partial charge in [-0.25, -0.2) is 4.79 Å². The van der Waals surface area contributed by atoms with Gasteiger partial charge in [0.05, 0.1) is 21.9 Å². The highest BCUT2D eigenvalue weighted by atomic mass is 79.9. The zero-order valence-corrected chi connectivity index (χ0v) is 24.0. The van der Waals surface area contributed by atoms with Crippen molar-refractivity contribution in [1.29, 1.82) is 0 Å². The molecule has 1 saturated carbocycles. The highest BCUT2D eigenvalue weighted by Gasteiger charge is 2.31. The number of fused-ring (bicyclic) bond motifs is 5. The number of piperazine rings is 1. The highest BCUT2D eigenvalue weighted by molar-refractivity contribution is 9.10. The van der Waals surface area contributed by atoms with Gasteiger partial charge in [0.15, 0.2) is 0 Å². The molecule has 2 fully saturated rings. The lowest BCUT2D eigenvalue weighted by atomic mass is 10.1. The third kappa shape index (κ3) is 4.25. The molecule has 0 radical (unpaired) electrons. The van der Waals surface area contributed by atoms with Crippen LogP contribution in [0.1, 0.15) is 59.4 Å². The first-order valence-corrected chi connectivity index (χ1v) is 14.3. The van der Waals surface area contributed by atoms with E-state index < -0.39 is 5.60 Å². The smallest absolute Gasteiger partial charge is 0.410 e. The second-order valence-corrected chi connectivity index (χ2v) is 12.5. The van der Waals surface area contributed by atoms with E-state index in [1.54, 1.807) is 4.90 Å². The van der Waals surface area contributed by atoms with E-state index in [9.17, 15) is 9.59 Å². The highest BCUT2D eigenvalue weighted by Crippen LogP contribution is 2.37. The SMILES string of the molecule is C[C@@H]1CN(C(=O)OC(C)(C)C)CCN1c1ccc2c(c1)n(C1CCCC1)c1nc(=O)c3c(Br)cccc3n21. The van der Waals surface area contributed by atoms with Crippen LogP contribution in [0.2, 0.25) is 0 Å². The van der Waals surface area contributed by atoms with Crippen molar-refractivity contribution < 1.29 is 9.53 Å². The third-order valence-electron chi connectivity index (χ3n) is 7.82. The van der Waals surface area contributed by atoms with Crippen LogP contribution in [0.3, 0.4) is 0 Å². The number of rotatable bonds is 2. The molecule has 2 aliphatic rings. The number of aromatic nitrogens is 3. The van der Waals surface area contributed by atoms with Crippen LogP contribution >= 0.6 is 15.9 Å². The third-order valence-corrected chi connectivity index (χ3v) is 8.48. The van der Waals surface area contributed by atoms with Crippen molar-refractivity contribution in [2.45, 2.75) is 71.1 Å². The minimum atomic E-state index is -0.508. The number of anilines is 1. The van der Waals surface area contributed by atoms with E-state index in [0.29, 0.717) is 30.3 Å². The molecule has 2 aromatic carbocycles. The number of carbonyl (C=O) groups is 1. The lowest BCUT2D eigenvalue weighted by Gasteiger charge is -2.41. The standard InChI is InChI=1S/C29H34BrN5O3/c1-18-17-32(28(37)38-29(2,3)4)14-15-33(18)20-12-13-22-24(16-20)34(19-8-5-6-9-19)27-31-26(36)25-21(30)10-7-11-23(25)35(22)27/h7,10-13,16,18-19H,5-6,8-9,14-15,17H2,1-4H3/t18-/m1/s1. The fraction of sp³-hybridized carbons (Fsp3) is 0.483. The maximum atomic E-state index is 13.2. The summed E-state index contributed by atoms with van der Waals surface area (Å²) >= 11 is 3.57. The molecule has 0 unspecified atom stereocenters. The van der Waals surface area contributed by atoms with Gasteiger partial charge in [-0.1, -0.05) is 18.9 Å². The number of benzene rings is 2. The number of hydrogen-bond acceptors (Lipinski definition) is 5. The molecule has 38 heavy (non-hydrogen) atoms. The van der Waals surface area contributed by atoms with Crippen molar-refractivity contribution in [3.63, 3.8) is 0 Å². The van der Waals surface area contributed by atoms with Crippen LogP contribution in [0, 0.1) is 0 Å². The normalized spacial score (nSPS) is 19.2. The molecular formula is C29H34BrN5O3. The minimum absolute atomic E-state index is 0.133. The van der Waals surface area contributed by atoms with Crippen molar-refractivity contribution in [2.24, 2.45) is 0 Å². The molecule has 0 bridgehead atoms. The molecule has 9 heteroatoms. The van der Waals surface area contributed by atoms with E-state index in [-0.39, 0.29) is 17.7 Å². The molecule has 200 valence electrons. The van der Waals surface area contributed by atoms with Crippen LogP contribution in [-0.2, 0) is 4.74 Å². The average Bonchev–Trinajstić information content (AvgIpc) is 3.48. The van der Waals surface area contributed by atoms with Gasteiger partial charge in [0.1, 0.15) is 5.60 Å². The van der Waals surface area contributed by atoms with Gasteiger partial charge in [-0.3, -0.25) is 9.20 Å². The van der Waals surface area contributed by atoms with Gasteiger partial charge in [0, 0.05) is 41.9 Å². The summed E-state index contributed by atoms with van der Waals surface area (Å²) in [5.74, 6) is 0.711. The molecule has 2 aromatic heterocycles. The molecule has 8 nitrogen and oxygen atoms in total. The molecule has 1 saturated heterocycles. The van der Waals surface area contributed by atoms with E-state index in [1.165, 1.54) is 12.8 Å². The average molecular weight is 581 g/mol. The number of imidazole rings is 1. The number of halogens is 1. The van der Waals surface area contributed by atoms with Crippen LogP contribution in [-0.4, -0.2) is 56.2 Å². The van der Waals surface area contributed by atoms with Gasteiger partial charge in [0.25, 0.3) is 5.56 Å². The Kier molecular flexibility index (Phi) is 6.17. The summed E-state index contributed by atoms with van der Waals surface area (Å²) in [6.07, 6.45) is 4.28. The summed E-state index contributed by atoms with van der Waals surface area (Å²) in [5, 5.41) is 0.603. The first-order chi connectivity index (χ1) is 18.1. The van der Waals surface area contributed by atoms with E-state index >= 15 is 0 Å². The lowest BCUT2D eigenvalue weighted by Crippen LogP contribution is -2.54. The summed E-state index contributed by atoms with van der Waals surface area (Å²) in [6, 6.07) is 12.9. The molecule has 1 aliphatic carbocycles. The maximum absolute atomic E-state index is 13.2. The van der Waals surface area contributed by atoms with Crippen molar-refractivity contribution in [3.8, 4) is 0 Å². The first kappa shape index (κ1) is 25.2. The molecule has 4 aromatic rings. The van der Waals surface area contributed by atoms with Gasteiger partial charge in [-0.15, -0.1) is 0 Å². The Labute approximate surface area is 230 Å². The fourth-order valence-electron chi connectivity index (χ4n) is 6.15. The van der Waals surface area contributed by atoms with Gasteiger partial charge in [0.2, 0.25) is 5.78 Å². The van der Waals surface area contributed by atoms with Crippen LogP contribution in [0.25, 0.3) is 27.7 Å².